The van der Waals surface area contributed by atoms with Crippen molar-refractivity contribution in [2.45, 2.75) is 19.3 Å². The van der Waals surface area contributed by atoms with Crippen molar-refractivity contribution in [3.63, 3.8) is 0 Å². The van der Waals surface area contributed by atoms with E-state index in [-0.39, 0.29) is 6.54 Å². The lowest BCUT2D eigenvalue weighted by atomic mass is 10.2. The van der Waals surface area contributed by atoms with Gasteiger partial charge in [-0.25, -0.2) is 0 Å². The minimum Gasteiger partial charge on any atom is -0.480 e. The third-order valence-electron chi connectivity index (χ3n) is 2.77. The molecule has 1 fully saturated rings. The van der Waals surface area contributed by atoms with Crippen LogP contribution in [0.1, 0.15) is 19.3 Å². The Bertz CT molecular complexity index is 197. The van der Waals surface area contributed by atoms with E-state index in [4.69, 9.17) is 5.11 Å². The van der Waals surface area contributed by atoms with Gasteiger partial charge in [-0.2, -0.15) is 0 Å². The highest BCUT2D eigenvalue weighted by atomic mass is 16.4. The van der Waals surface area contributed by atoms with E-state index < -0.39 is 5.97 Å². The zero-order valence-corrected chi connectivity index (χ0v) is 9.78. The van der Waals surface area contributed by atoms with Crippen LogP contribution in [0.3, 0.4) is 0 Å². The van der Waals surface area contributed by atoms with Crippen molar-refractivity contribution < 1.29 is 9.90 Å². The van der Waals surface area contributed by atoms with Crippen molar-refractivity contribution in [1.29, 1.82) is 0 Å². The summed E-state index contributed by atoms with van der Waals surface area (Å²) in [5, 5.41) is 8.77. The lowest BCUT2D eigenvalue weighted by Crippen LogP contribution is -2.36. The van der Waals surface area contributed by atoms with Gasteiger partial charge in [0.05, 0.1) is 6.54 Å². The first kappa shape index (κ1) is 12.5. The van der Waals surface area contributed by atoms with Crippen molar-refractivity contribution in [1.82, 2.24) is 9.80 Å². The second-order valence-corrected chi connectivity index (χ2v) is 4.71. The Morgan fingerprint density at radius 1 is 1.27 bits per heavy atom. The number of carboxylic acids is 1. The van der Waals surface area contributed by atoms with Crippen molar-refractivity contribution in [3.8, 4) is 0 Å². The predicted molar refractivity (Wildman–Crippen MR) is 60.0 cm³/mol. The van der Waals surface area contributed by atoms with Crippen LogP contribution >= 0.6 is 0 Å². The molecule has 0 unspecified atom stereocenters. The van der Waals surface area contributed by atoms with Gasteiger partial charge in [-0.05, 0) is 33.0 Å². The molecule has 1 aliphatic rings. The molecule has 1 N–H and O–H groups in total. The predicted octanol–water partition coefficient (Wildman–Crippen LogP) is 0.735. The van der Waals surface area contributed by atoms with Gasteiger partial charge in [0, 0.05) is 13.1 Å². The number of nitrogens with zero attached hydrogens (tertiary/aromatic N) is 2. The molecule has 0 aromatic heterocycles. The molecule has 0 aliphatic heterocycles. The van der Waals surface area contributed by atoms with Crippen LogP contribution in [-0.2, 0) is 4.79 Å². The summed E-state index contributed by atoms with van der Waals surface area (Å²) in [7, 11) is 4.03. The second-order valence-electron chi connectivity index (χ2n) is 4.71. The maximum Gasteiger partial charge on any atom is 0.317 e. The minimum absolute atomic E-state index is 0.181. The molecule has 0 amide bonds. The molecular formula is C11H22N2O2. The quantitative estimate of drug-likeness (QED) is 0.647. The van der Waals surface area contributed by atoms with Crippen LogP contribution in [-0.4, -0.2) is 61.2 Å². The van der Waals surface area contributed by atoms with E-state index in [2.05, 4.69) is 4.90 Å². The Morgan fingerprint density at radius 2 is 1.93 bits per heavy atom. The largest absolute Gasteiger partial charge is 0.480 e. The SMILES string of the molecule is CN(C)CCN(CCC1CC1)CC(=O)O. The molecule has 88 valence electrons. The Kier molecular flexibility index (Phi) is 5.05. The van der Waals surface area contributed by atoms with E-state index in [0.717, 1.165) is 25.6 Å². The van der Waals surface area contributed by atoms with Gasteiger partial charge in [0.1, 0.15) is 0 Å². The van der Waals surface area contributed by atoms with Crippen LogP contribution in [0.25, 0.3) is 0 Å². The van der Waals surface area contributed by atoms with Gasteiger partial charge in [0.2, 0.25) is 0 Å². The lowest BCUT2D eigenvalue weighted by molar-refractivity contribution is -0.138. The molecule has 1 saturated carbocycles. The molecule has 4 nitrogen and oxygen atoms in total. The Labute approximate surface area is 91.9 Å². The standard InChI is InChI=1S/C11H22N2O2/c1-12(2)7-8-13(9-11(14)15)6-5-10-3-4-10/h10H,3-9H2,1-2H3,(H,14,15). The molecule has 0 heterocycles. The molecule has 0 atom stereocenters. The Morgan fingerprint density at radius 3 is 2.40 bits per heavy atom. The summed E-state index contributed by atoms with van der Waals surface area (Å²) in [5.41, 5.74) is 0. The number of carboxylic acid groups (broad SMARTS) is 1. The first-order valence-electron chi connectivity index (χ1n) is 5.67. The number of hydrogen-bond donors (Lipinski definition) is 1. The molecule has 1 aliphatic carbocycles. The molecule has 0 saturated heterocycles. The first-order chi connectivity index (χ1) is 7.08. The van der Waals surface area contributed by atoms with E-state index in [0.29, 0.717) is 0 Å². The Hall–Kier alpha value is -0.610. The number of aliphatic carboxylic acids is 1. The maximum atomic E-state index is 10.7. The molecule has 0 aromatic rings. The summed E-state index contributed by atoms with van der Waals surface area (Å²) in [6, 6.07) is 0. The number of likely N-dealkylation sites (N-methyl/N-ethyl adjacent to an activating group) is 1. The minimum atomic E-state index is -0.718. The van der Waals surface area contributed by atoms with Crippen molar-refractivity contribution >= 4 is 5.97 Å². The second kappa shape index (κ2) is 6.08. The fourth-order valence-corrected chi connectivity index (χ4v) is 1.57. The smallest absolute Gasteiger partial charge is 0.317 e. The van der Waals surface area contributed by atoms with E-state index in [1.54, 1.807) is 0 Å². The Balaban J connectivity index is 2.19. The highest BCUT2D eigenvalue weighted by molar-refractivity contribution is 5.69. The van der Waals surface area contributed by atoms with E-state index in [1.165, 1.54) is 19.3 Å². The van der Waals surface area contributed by atoms with Crippen LogP contribution in [0.15, 0.2) is 0 Å². The summed E-state index contributed by atoms with van der Waals surface area (Å²) in [6.07, 6.45) is 3.85. The first-order valence-corrected chi connectivity index (χ1v) is 5.67. The fraction of sp³-hybridized carbons (Fsp3) is 0.909. The van der Waals surface area contributed by atoms with Crippen LogP contribution in [0.4, 0.5) is 0 Å². The van der Waals surface area contributed by atoms with E-state index in [1.807, 2.05) is 19.0 Å². The summed E-state index contributed by atoms with van der Waals surface area (Å²) in [6.45, 7) is 2.90. The molecule has 0 aromatic carbocycles. The average Bonchev–Trinajstić information content (AvgIpc) is 2.92. The van der Waals surface area contributed by atoms with Crippen LogP contribution in [0.5, 0.6) is 0 Å². The highest BCUT2D eigenvalue weighted by Crippen LogP contribution is 2.32. The van der Waals surface area contributed by atoms with Gasteiger partial charge in [0.15, 0.2) is 0 Å². The van der Waals surface area contributed by atoms with Gasteiger partial charge in [0.25, 0.3) is 0 Å². The lowest BCUT2D eigenvalue weighted by Gasteiger charge is -2.22. The van der Waals surface area contributed by atoms with Gasteiger partial charge in [-0.1, -0.05) is 12.8 Å². The molecule has 0 radical (unpaired) electrons. The van der Waals surface area contributed by atoms with Crippen molar-refractivity contribution in [2.24, 2.45) is 5.92 Å². The number of rotatable bonds is 8. The third-order valence-corrected chi connectivity index (χ3v) is 2.77. The van der Waals surface area contributed by atoms with Gasteiger partial charge >= 0.3 is 5.97 Å². The van der Waals surface area contributed by atoms with Gasteiger partial charge in [-0.15, -0.1) is 0 Å². The van der Waals surface area contributed by atoms with Gasteiger partial charge in [-0.3, -0.25) is 9.69 Å². The van der Waals surface area contributed by atoms with Gasteiger partial charge < -0.3 is 10.0 Å². The molecule has 1 rings (SSSR count). The summed E-state index contributed by atoms with van der Waals surface area (Å²) in [4.78, 5) is 14.8. The summed E-state index contributed by atoms with van der Waals surface area (Å²) in [5.74, 6) is 0.158. The molecule has 0 bridgehead atoms. The zero-order chi connectivity index (χ0) is 11.3. The average molecular weight is 214 g/mol. The topological polar surface area (TPSA) is 43.8 Å². The van der Waals surface area contributed by atoms with E-state index >= 15 is 0 Å². The zero-order valence-electron chi connectivity index (χ0n) is 9.78. The molecular weight excluding hydrogens is 192 g/mol. The summed E-state index contributed by atoms with van der Waals surface area (Å²) < 4.78 is 0. The highest BCUT2D eigenvalue weighted by Gasteiger charge is 2.22. The van der Waals surface area contributed by atoms with Crippen molar-refractivity contribution in [2.75, 3.05) is 40.3 Å². The third kappa shape index (κ3) is 6.47. The van der Waals surface area contributed by atoms with Crippen LogP contribution in [0.2, 0.25) is 0 Å². The monoisotopic (exact) mass is 214 g/mol. The van der Waals surface area contributed by atoms with Crippen LogP contribution < -0.4 is 0 Å². The maximum absolute atomic E-state index is 10.7. The molecule has 4 heteroatoms. The molecule has 15 heavy (non-hydrogen) atoms. The normalized spacial score (nSPS) is 16.3. The molecule has 0 spiro atoms. The fourth-order valence-electron chi connectivity index (χ4n) is 1.57. The number of carbonyl (C=O) groups is 1. The van der Waals surface area contributed by atoms with Crippen LogP contribution in [0, 0.1) is 5.92 Å². The summed E-state index contributed by atoms with van der Waals surface area (Å²) >= 11 is 0. The number of hydrogen-bond acceptors (Lipinski definition) is 3. The van der Waals surface area contributed by atoms with Crippen molar-refractivity contribution in [3.05, 3.63) is 0 Å². The van der Waals surface area contributed by atoms with E-state index in [9.17, 15) is 4.79 Å².